The number of hydrogen-bond acceptors (Lipinski definition) is 2. The van der Waals surface area contributed by atoms with E-state index in [-0.39, 0.29) is 0 Å². The number of nitrogens with one attached hydrogen (secondary N) is 1. The van der Waals surface area contributed by atoms with Crippen LogP contribution < -0.4 is 5.32 Å². The predicted molar refractivity (Wildman–Crippen MR) is 72.2 cm³/mol. The molecule has 1 heterocycles. The van der Waals surface area contributed by atoms with E-state index in [4.69, 9.17) is 0 Å². The highest BCUT2D eigenvalue weighted by atomic mass is 15.3. The number of rotatable bonds is 3. The summed E-state index contributed by atoms with van der Waals surface area (Å²) < 4.78 is 0. The van der Waals surface area contributed by atoms with Crippen LogP contribution in [0.5, 0.6) is 0 Å². The Kier molecular flexibility index (Phi) is 2.99. The fraction of sp³-hybridized carbons (Fsp3) is 1.00. The number of piperazine rings is 1. The second kappa shape index (κ2) is 4.24. The maximum absolute atomic E-state index is 3.86. The molecule has 1 atom stereocenters. The second-order valence-electron chi connectivity index (χ2n) is 7.02. The van der Waals surface area contributed by atoms with Crippen molar-refractivity contribution in [1.29, 1.82) is 0 Å². The van der Waals surface area contributed by atoms with Gasteiger partial charge in [0.2, 0.25) is 0 Å². The number of nitrogens with zero attached hydrogens (tertiary/aromatic N) is 1. The molecule has 3 aliphatic rings. The van der Waals surface area contributed by atoms with Gasteiger partial charge in [0.05, 0.1) is 0 Å². The molecule has 2 nitrogen and oxygen atoms in total. The lowest BCUT2D eigenvalue weighted by molar-refractivity contribution is 0.00848. The molecule has 3 fully saturated rings. The zero-order chi connectivity index (χ0) is 11.9. The Bertz CT molecular complexity index is 279. The van der Waals surface area contributed by atoms with Gasteiger partial charge in [-0.05, 0) is 44.9 Å². The summed E-state index contributed by atoms with van der Waals surface area (Å²) in [7, 11) is 0. The standard InChI is InChI=1S/C15H28N2/c1-3-14(2)12-17(10-13-6-7-13)15(11-16-14)8-4-5-9-15/h13,16H,3-12H2,1-2H3. The largest absolute Gasteiger partial charge is 0.308 e. The molecule has 1 saturated heterocycles. The summed E-state index contributed by atoms with van der Waals surface area (Å²) >= 11 is 0. The zero-order valence-electron chi connectivity index (χ0n) is 11.6. The van der Waals surface area contributed by atoms with Crippen molar-refractivity contribution >= 4 is 0 Å². The highest BCUT2D eigenvalue weighted by molar-refractivity contribution is 5.06. The Labute approximate surface area is 106 Å². The van der Waals surface area contributed by atoms with E-state index < -0.39 is 0 Å². The maximum Gasteiger partial charge on any atom is 0.0335 e. The van der Waals surface area contributed by atoms with Gasteiger partial charge >= 0.3 is 0 Å². The summed E-state index contributed by atoms with van der Waals surface area (Å²) in [5.74, 6) is 1.03. The molecule has 2 heteroatoms. The second-order valence-corrected chi connectivity index (χ2v) is 7.02. The van der Waals surface area contributed by atoms with E-state index in [1.807, 2.05) is 0 Å². The van der Waals surface area contributed by atoms with Gasteiger partial charge in [0.25, 0.3) is 0 Å². The van der Waals surface area contributed by atoms with E-state index in [0.29, 0.717) is 11.1 Å². The third-order valence-electron chi connectivity index (χ3n) is 5.54. The molecule has 1 N–H and O–H groups in total. The van der Waals surface area contributed by atoms with Gasteiger partial charge in [-0.1, -0.05) is 19.8 Å². The summed E-state index contributed by atoms with van der Waals surface area (Å²) in [5, 5.41) is 3.86. The van der Waals surface area contributed by atoms with E-state index in [9.17, 15) is 0 Å². The molecule has 0 amide bonds. The SMILES string of the molecule is CCC1(C)CN(CC2CC2)C2(CCCC2)CN1. The van der Waals surface area contributed by atoms with Crippen LogP contribution in [0.2, 0.25) is 0 Å². The van der Waals surface area contributed by atoms with Crippen molar-refractivity contribution in [3.8, 4) is 0 Å². The first-order valence-corrected chi connectivity index (χ1v) is 7.66. The van der Waals surface area contributed by atoms with Crippen molar-refractivity contribution in [3.05, 3.63) is 0 Å². The normalized spacial score (nSPS) is 37.8. The van der Waals surface area contributed by atoms with Crippen molar-refractivity contribution in [2.24, 2.45) is 5.92 Å². The molecule has 2 aliphatic carbocycles. The minimum absolute atomic E-state index is 0.364. The Morgan fingerprint density at radius 3 is 2.53 bits per heavy atom. The topological polar surface area (TPSA) is 15.3 Å². The Balaban J connectivity index is 1.74. The van der Waals surface area contributed by atoms with Crippen LogP contribution in [0.4, 0.5) is 0 Å². The van der Waals surface area contributed by atoms with Gasteiger partial charge in [-0.25, -0.2) is 0 Å². The molecule has 0 aromatic carbocycles. The third-order valence-corrected chi connectivity index (χ3v) is 5.54. The molecule has 1 unspecified atom stereocenters. The lowest BCUT2D eigenvalue weighted by atomic mass is 9.84. The summed E-state index contributed by atoms with van der Waals surface area (Å²) in [5.41, 5.74) is 0.903. The molecule has 1 spiro atoms. The summed E-state index contributed by atoms with van der Waals surface area (Å²) in [6.45, 7) is 8.64. The van der Waals surface area contributed by atoms with Gasteiger partial charge in [0.15, 0.2) is 0 Å². The van der Waals surface area contributed by atoms with Gasteiger partial charge in [-0.2, -0.15) is 0 Å². The number of hydrogen-bond donors (Lipinski definition) is 1. The van der Waals surface area contributed by atoms with Crippen molar-refractivity contribution in [2.45, 2.75) is 69.9 Å². The molecule has 17 heavy (non-hydrogen) atoms. The molecule has 3 rings (SSSR count). The molecule has 0 bridgehead atoms. The smallest absolute Gasteiger partial charge is 0.0335 e. The van der Waals surface area contributed by atoms with Crippen LogP contribution in [0.3, 0.4) is 0 Å². The molecule has 0 aromatic rings. The first-order valence-electron chi connectivity index (χ1n) is 7.66. The van der Waals surface area contributed by atoms with E-state index in [2.05, 4.69) is 24.1 Å². The average Bonchev–Trinajstić information content (AvgIpc) is 3.02. The minimum atomic E-state index is 0.364. The van der Waals surface area contributed by atoms with Crippen LogP contribution in [0.25, 0.3) is 0 Å². The monoisotopic (exact) mass is 236 g/mol. The summed E-state index contributed by atoms with van der Waals surface area (Å²) in [6.07, 6.45) is 10.0. The lowest BCUT2D eigenvalue weighted by Gasteiger charge is -2.52. The fourth-order valence-electron chi connectivity index (χ4n) is 3.77. The van der Waals surface area contributed by atoms with Crippen LogP contribution in [0.15, 0.2) is 0 Å². The highest BCUT2D eigenvalue weighted by Crippen LogP contribution is 2.41. The van der Waals surface area contributed by atoms with E-state index in [1.165, 1.54) is 64.6 Å². The van der Waals surface area contributed by atoms with Gasteiger partial charge in [-0.3, -0.25) is 4.90 Å². The van der Waals surface area contributed by atoms with Gasteiger partial charge in [-0.15, -0.1) is 0 Å². The van der Waals surface area contributed by atoms with Gasteiger partial charge in [0.1, 0.15) is 0 Å². The Hall–Kier alpha value is -0.0800. The van der Waals surface area contributed by atoms with Crippen molar-refractivity contribution in [1.82, 2.24) is 10.2 Å². The molecule has 98 valence electrons. The maximum atomic E-state index is 3.86. The van der Waals surface area contributed by atoms with E-state index in [1.54, 1.807) is 0 Å². The van der Waals surface area contributed by atoms with Gasteiger partial charge < -0.3 is 5.32 Å². The first kappa shape index (κ1) is 12.0. The first-order chi connectivity index (χ1) is 8.16. The van der Waals surface area contributed by atoms with Crippen molar-refractivity contribution in [2.75, 3.05) is 19.6 Å². The fourth-order valence-corrected chi connectivity index (χ4v) is 3.77. The van der Waals surface area contributed by atoms with Crippen LogP contribution in [-0.4, -0.2) is 35.6 Å². The zero-order valence-corrected chi connectivity index (χ0v) is 11.6. The molecule has 1 aliphatic heterocycles. The lowest BCUT2D eigenvalue weighted by Crippen LogP contribution is -2.68. The van der Waals surface area contributed by atoms with Crippen molar-refractivity contribution in [3.63, 3.8) is 0 Å². The Morgan fingerprint density at radius 1 is 1.24 bits per heavy atom. The quantitative estimate of drug-likeness (QED) is 0.810. The van der Waals surface area contributed by atoms with Gasteiger partial charge in [0, 0.05) is 30.7 Å². The molecule has 0 aromatic heterocycles. The van der Waals surface area contributed by atoms with Crippen LogP contribution in [-0.2, 0) is 0 Å². The molecular formula is C15H28N2. The van der Waals surface area contributed by atoms with E-state index >= 15 is 0 Å². The van der Waals surface area contributed by atoms with Crippen LogP contribution in [0, 0.1) is 5.92 Å². The average molecular weight is 236 g/mol. The molecular weight excluding hydrogens is 208 g/mol. The molecule has 0 radical (unpaired) electrons. The summed E-state index contributed by atoms with van der Waals surface area (Å²) in [6, 6.07) is 0. The third kappa shape index (κ3) is 2.26. The van der Waals surface area contributed by atoms with Crippen LogP contribution >= 0.6 is 0 Å². The highest BCUT2D eigenvalue weighted by Gasteiger charge is 2.47. The Morgan fingerprint density at radius 2 is 1.94 bits per heavy atom. The molecule has 2 saturated carbocycles. The van der Waals surface area contributed by atoms with Crippen molar-refractivity contribution < 1.29 is 0 Å². The van der Waals surface area contributed by atoms with E-state index in [0.717, 1.165) is 5.92 Å². The predicted octanol–water partition coefficient (Wildman–Crippen LogP) is 2.78. The van der Waals surface area contributed by atoms with Crippen LogP contribution in [0.1, 0.15) is 58.8 Å². The minimum Gasteiger partial charge on any atom is -0.308 e. The summed E-state index contributed by atoms with van der Waals surface area (Å²) in [4.78, 5) is 2.89.